The first-order chi connectivity index (χ1) is 12.8. The number of anilines is 1. The van der Waals surface area contributed by atoms with Gasteiger partial charge >= 0.3 is 0 Å². The zero-order chi connectivity index (χ0) is 19.9. The van der Waals surface area contributed by atoms with E-state index in [1.807, 2.05) is 6.92 Å². The minimum atomic E-state index is -3.52. The Bertz CT molecular complexity index is 870. The van der Waals surface area contributed by atoms with Crippen LogP contribution in [0.3, 0.4) is 0 Å². The van der Waals surface area contributed by atoms with Gasteiger partial charge in [0.05, 0.1) is 18.6 Å². The standard InChI is InChI=1S/C19H23FN2O4S/c1-3-26-18-7-5-4-6-17(18)21-19(23)12-13-22(27(2,24)25)14-15-8-10-16(20)11-9-15/h4-11H,3,12-14H2,1-2H3,(H,21,23). The van der Waals surface area contributed by atoms with Crippen molar-refractivity contribution in [2.75, 3.05) is 24.7 Å². The average Bonchev–Trinajstić information content (AvgIpc) is 2.61. The molecule has 0 fully saturated rings. The van der Waals surface area contributed by atoms with Gasteiger partial charge in [-0.15, -0.1) is 0 Å². The number of hydrogen-bond donors (Lipinski definition) is 1. The monoisotopic (exact) mass is 394 g/mol. The van der Waals surface area contributed by atoms with Crippen LogP contribution >= 0.6 is 0 Å². The Morgan fingerprint density at radius 1 is 1.15 bits per heavy atom. The largest absolute Gasteiger partial charge is 0.492 e. The second-order valence-corrected chi connectivity index (χ2v) is 7.93. The molecule has 0 bridgehead atoms. The van der Waals surface area contributed by atoms with Crippen molar-refractivity contribution in [3.63, 3.8) is 0 Å². The fourth-order valence-corrected chi connectivity index (χ4v) is 3.25. The molecule has 0 spiro atoms. The summed E-state index contributed by atoms with van der Waals surface area (Å²) in [6.07, 6.45) is 1.06. The summed E-state index contributed by atoms with van der Waals surface area (Å²) in [6.45, 7) is 2.39. The lowest BCUT2D eigenvalue weighted by atomic mass is 10.2. The molecule has 0 aliphatic heterocycles. The predicted octanol–water partition coefficient (Wildman–Crippen LogP) is 3.01. The van der Waals surface area contributed by atoms with E-state index in [-0.39, 0.29) is 25.4 Å². The highest BCUT2D eigenvalue weighted by atomic mass is 32.2. The molecule has 1 amide bonds. The van der Waals surface area contributed by atoms with Crippen molar-refractivity contribution < 1.29 is 22.3 Å². The number of sulfonamides is 1. The molecule has 8 heteroatoms. The van der Waals surface area contributed by atoms with Crippen LogP contribution in [0.2, 0.25) is 0 Å². The molecule has 0 aliphatic carbocycles. The third-order valence-corrected chi connectivity index (χ3v) is 5.04. The number of carbonyl (C=O) groups is 1. The second kappa shape index (κ2) is 9.48. The van der Waals surface area contributed by atoms with Gasteiger partial charge in [-0.2, -0.15) is 4.31 Å². The average molecular weight is 394 g/mol. The lowest BCUT2D eigenvalue weighted by molar-refractivity contribution is -0.116. The molecule has 2 rings (SSSR count). The number of para-hydroxylation sites is 2. The minimum absolute atomic E-state index is 0.0127. The van der Waals surface area contributed by atoms with E-state index in [1.165, 1.54) is 28.6 Å². The van der Waals surface area contributed by atoms with Crippen LogP contribution in [0.25, 0.3) is 0 Å². The molecule has 0 radical (unpaired) electrons. The van der Waals surface area contributed by atoms with Crippen molar-refractivity contribution in [3.8, 4) is 5.75 Å². The summed E-state index contributed by atoms with van der Waals surface area (Å²) in [6, 6.07) is 12.6. The number of nitrogens with zero attached hydrogens (tertiary/aromatic N) is 1. The molecule has 0 heterocycles. The normalized spacial score (nSPS) is 11.4. The third kappa shape index (κ3) is 6.65. The second-order valence-electron chi connectivity index (χ2n) is 5.95. The van der Waals surface area contributed by atoms with Gasteiger partial charge in [-0.3, -0.25) is 4.79 Å². The molecule has 0 aliphatic rings. The SMILES string of the molecule is CCOc1ccccc1NC(=O)CCN(Cc1ccc(F)cc1)S(C)(=O)=O. The van der Waals surface area contributed by atoms with Gasteiger partial charge in [0.2, 0.25) is 15.9 Å². The summed E-state index contributed by atoms with van der Waals surface area (Å²) >= 11 is 0. The zero-order valence-corrected chi connectivity index (χ0v) is 16.1. The molecule has 0 saturated heterocycles. The van der Waals surface area contributed by atoms with Gasteiger partial charge < -0.3 is 10.1 Å². The van der Waals surface area contributed by atoms with Crippen LogP contribution in [-0.2, 0) is 21.4 Å². The van der Waals surface area contributed by atoms with Crippen molar-refractivity contribution >= 4 is 21.6 Å². The van der Waals surface area contributed by atoms with Gasteiger partial charge in [0.1, 0.15) is 11.6 Å². The molecule has 6 nitrogen and oxygen atoms in total. The van der Waals surface area contributed by atoms with Crippen LogP contribution in [0.4, 0.5) is 10.1 Å². The Kier molecular flexibility index (Phi) is 7.32. The summed E-state index contributed by atoms with van der Waals surface area (Å²) in [5.74, 6) is -0.161. The zero-order valence-electron chi connectivity index (χ0n) is 15.3. The topological polar surface area (TPSA) is 75.7 Å². The first kappa shape index (κ1) is 20.9. The molecule has 1 N–H and O–H groups in total. The molecule has 146 valence electrons. The van der Waals surface area contributed by atoms with Gasteiger partial charge in [-0.25, -0.2) is 12.8 Å². The van der Waals surface area contributed by atoms with E-state index in [9.17, 15) is 17.6 Å². The minimum Gasteiger partial charge on any atom is -0.492 e. The van der Waals surface area contributed by atoms with Crippen LogP contribution < -0.4 is 10.1 Å². The lowest BCUT2D eigenvalue weighted by Gasteiger charge is -2.20. The van der Waals surface area contributed by atoms with Gasteiger partial charge in [0, 0.05) is 19.5 Å². The highest BCUT2D eigenvalue weighted by Crippen LogP contribution is 2.23. The Morgan fingerprint density at radius 2 is 1.81 bits per heavy atom. The molecule has 0 saturated carbocycles. The number of amides is 1. The highest BCUT2D eigenvalue weighted by molar-refractivity contribution is 7.88. The fourth-order valence-electron chi connectivity index (χ4n) is 2.45. The van der Waals surface area contributed by atoms with E-state index in [0.29, 0.717) is 23.6 Å². The maximum atomic E-state index is 13.0. The van der Waals surface area contributed by atoms with E-state index in [4.69, 9.17) is 4.74 Å². The number of nitrogens with one attached hydrogen (secondary N) is 1. The Morgan fingerprint density at radius 3 is 2.44 bits per heavy atom. The molecule has 27 heavy (non-hydrogen) atoms. The van der Waals surface area contributed by atoms with Crippen LogP contribution in [0, 0.1) is 5.82 Å². The number of halogens is 1. The number of benzene rings is 2. The van der Waals surface area contributed by atoms with Gasteiger partial charge in [0.25, 0.3) is 0 Å². The summed E-state index contributed by atoms with van der Waals surface area (Å²) < 4.78 is 43.7. The Hall–Kier alpha value is -2.45. The number of carbonyl (C=O) groups excluding carboxylic acids is 1. The summed E-state index contributed by atoms with van der Waals surface area (Å²) in [5, 5.41) is 2.74. The molecular formula is C19H23FN2O4S. The maximum absolute atomic E-state index is 13.0. The van der Waals surface area contributed by atoms with Crippen molar-refractivity contribution in [1.82, 2.24) is 4.31 Å². The summed E-state index contributed by atoms with van der Waals surface area (Å²) in [4.78, 5) is 12.3. The molecule has 0 unspecified atom stereocenters. The number of hydrogen-bond acceptors (Lipinski definition) is 4. The lowest BCUT2D eigenvalue weighted by Crippen LogP contribution is -2.32. The van der Waals surface area contributed by atoms with E-state index in [0.717, 1.165) is 6.26 Å². The fraction of sp³-hybridized carbons (Fsp3) is 0.316. The molecule has 0 aromatic heterocycles. The van der Waals surface area contributed by atoms with Gasteiger partial charge in [-0.1, -0.05) is 24.3 Å². The van der Waals surface area contributed by atoms with Crippen molar-refractivity contribution in [3.05, 3.63) is 59.9 Å². The predicted molar refractivity (Wildman–Crippen MR) is 103 cm³/mol. The van der Waals surface area contributed by atoms with Gasteiger partial charge in [0.15, 0.2) is 0 Å². The highest BCUT2D eigenvalue weighted by Gasteiger charge is 2.19. The molecule has 0 atom stereocenters. The Balaban J connectivity index is 2.00. The maximum Gasteiger partial charge on any atom is 0.225 e. The quantitative estimate of drug-likeness (QED) is 0.709. The summed E-state index contributed by atoms with van der Waals surface area (Å²) in [7, 11) is -3.52. The van der Waals surface area contributed by atoms with Crippen molar-refractivity contribution in [2.24, 2.45) is 0 Å². The van der Waals surface area contributed by atoms with E-state index >= 15 is 0 Å². The van der Waals surface area contributed by atoms with Gasteiger partial charge in [-0.05, 0) is 36.8 Å². The first-order valence-corrected chi connectivity index (χ1v) is 10.4. The van der Waals surface area contributed by atoms with Crippen LogP contribution in [0.1, 0.15) is 18.9 Å². The van der Waals surface area contributed by atoms with Crippen molar-refractivity contribution in [2.45, 2.75) is 19.9 Å². The number of ether oxygens (including phenoxy) is 1. The first-order valence-electron chi connectivity index (χ1n) is 8.51. The van der Waals surface area contributed by atoms with E-state index in [1.54, 1.807) is 24.3 Å². The summed E-state index contributed by atoms with van der Waals surface area (Å²) in [5.41, 5.74) is 1.18. The van der Waals surface area contributed by atoms with E-state index < -0.39 is 15.8 Å². The van der Waals surface area contributed by atoms with Crippen LogP contribution in [0.15, 0.2) is 48.5 Å². The molecule has 2 aromatic carbocycles. The van der Waals surface area contributed by atoms with Crippen LogP contribution in [-0.4, -0.2) is 38.0 Å². The molecular weight excluding hydrogens is 371 g/mol. The van der Waals surface area contributed by atoms with Crippen molar-refractivity contribution in [1.29, 1.82) is 0 Å². The number of rotatable bonds is 9. The smallest absolute Gasteiger partial charge is 0.225 e. The van der Waals surface area contributed by atoms with Crippen LogP contribution in [0.5, 0.6) is 5.75 Å². The molecule has 2 aromatic rings. The van der Waals surface area contributed by atoms with E-state index in [2.05, 4.69) is 5.32 Å². The Labute approximate surface area is 159 Å². The third-order valence-electron chi connectivity index (χ3n) is 3.79.